The zero-order chi connectivity index (χ0) is 29.2. The van der Waals surface area contributed by atoms with E-state index in [0.717, 1.165) is 30.2 Å². The Morgan fingerprint density at radius 1 is 0.622 bits per heavy atom. The van der Waals surface area contributed by atoms with E-state index in [4.69, 9.17) is 4.74 Å². The SMILES string of the molecule is B1c2cccc3c2N(c2ccccc2O3)c2cc3sc4ccccc4c3c(-c3cccc4c3[nH]c3cc5ccccc5cc34)c21. The van der Waals surface area contributed by atoms with Crippen LogP contribution in [0.5, 0.6) is 11.5 Å². The highest BCUT2D eigenvalue weighted by Crippen LogP contribution is 2.53. The Balaban J connectivity index is 1.30. The van der Waals surface area contributed by atoms with Gasteiger partial charge in [-0.2, -0.15) is 0 Å². The zero-order valence-electron chi connectivity index (χ0n) is 24.1. The number of ether oxygens (including phenoxy) is 1. The standard InChI is InChI=1S/C40H23BN2OS/c1-2-10-23-20-29-27(19-22(23)9-1)24-12-7-13-26(39(24)42-29)37-36-25-11-3-6-18-34(25)45-35(36)21-31-38(37)41-28-14-8-17-33-40(28)43(31)30-15-4-5-16-32(30)44-33/h1-21,41-42H. The molecule has 0 saturated carbocycles. The second kappa shape index (κ2) is 8.56. The van der Waals surface area contributed by atoms with E-state index < -0.39 is 0 Å². The molecular weight excluding hydrogens is 567 g/mol. The Hall–Kier alpha value is -5.52. The third-order valence-corrected chi connectivity index (χ3v) is 10.9. The first-order chi connectivity index (χ1) is 22.3. The van der Waals surface area contributed by atoms with Crippen molar-refractivity contribution in [2.75, 3.05) is 4.90 Å². The average Bonchev–Trinajstić information content (AvgIpc) is 3.64. The third-order valence-electron chi connectivity index (χ3n) is 9.76. The number of nitrogens with one attached hydrogen (secondary N) is 1. The van der Waals surface area contributed by atoms with Crippen molar-refractivity contribution < 1.29 is 4.74 Å². The van der Waals surface area contributed by atoms with Gasteiger partial charge in [-0.3, -0.25) is 0 Å². The van der Waals surface area contributed by atoms with Gasteiger partial charge in [-0.15, -0.1) is 11.3 Å². The fraction of sp³-hybridized carbons (Fsp3) is 0. The molecule has 2 aliphatic rings. The molecule has 0 spiro atoms. The smallest absolute Gasteiger partial charge is 0.198 e. The lowest BCUT2D eigenvalue weighted by molar-refractivity contribution is 0.477. The fourth-order valence-corrected chi connectivity index (χ4v) is 9.01. The van der Waals surface area contributed by atoms with Crippen LogP contribution in [-0.2, 0) is 0 Å². The van der Waals surface area contributed by atoms with Crippen LogP contribution in [0.1, 0.15) is 0 Å². The first kappa shape index (κ1) is 23.9. The van der Waals surface area contributed by atoms with Gasteiger partial charge in [-0.05, 0) is 64.3 Å². The van der Waals surface area contributed by atoms with Crippen LogP contribution in [0.4, 0.5) is 17.1 Å². The first-order valence-corrected chi connectivity index (χ1v) is 16.2. The van der Waals surface area contributed by atoms with Crippen molar-refractivity contribution >= 4 is 99.4 Å². The minimum absolute atomic E-state index is 0.830. The molecule has 0 fully saturated rings. The number of hydrogen-bond donors (Lipinski definition) is 1. The molecule has 0 bridgehead atoms. The molecule has 3 nitrogen and oxygen atoms in total. The summed E-state index contributed by atoms with van der Waals surface area (Å²) < 4.78 is 9.08. The van der Waals surface area contributed by atoms with Gasteiger partial charge in [0.25, 0.3) is 0 Å². The molecule has 0 saturated heterocycles. The molecule has 0 unspecified atom stereocenters. The molecule has 2 aromatic heterocycles. The Kier molecular flexibility index (Phi) is 4.54. The summed E-state index contributed by atoms with van der Waals surface area (Å²) in [6.45, 7) is 0. The van der Waals surface area contributed by atoms with Gasteiger partial charge in [0.15, 0.2) is 18.8 Å². The van der Waals surface area contributed by atoms with E-state index in [1.807, 2.05) is 11.3 Å². The van der Waals surface area contributed by atoms with Crippen LogP contribution in [0.2, 0.25) is 0 Å². The van der Waals surface area contributed by atoms with E-state index in [2.05, 4.69) is 137 Å². The quantitative estimate of drug-likeness (QED) is 0.193. The third kappa shape index (κ3) is 3.15. The Labute approximate surface area is 263 Å². The highest BCUT2D eigenvalue weighted by atomic mass is 32.1. The summed E-state index contributed by atoms with van der Waals surface area (Å²) in [5.74, 6) is 1.80. The number of hydrogen-bond acceptors (Lipinski definition) is 3. The van der Waals surface area contributed by atoms with Gasteiger partial charge < -0.3 is 14.6 Å². The van der Waals surface area contributed by atoms with Gasteiger partial charge in [0, 0.05) is 47.7 Å². The normalized spacial score (nSPS) is 13.2. The number of nitrogens with zero attached hydrogens (tertiary/aromatic N) is 1. The largest absolute Gasteiger partial charge is 0.453 e. The molecule has 5 heteroatoms. The lowest BCUT2D eigenvalue weighted by Crippen LogP contribution is -2.42. The molecular formula is C40H23BN2OS. The minimum Gasteiger partial charge on any atom is -0.453 e. The summed E-state index contributed by atoms with van der Waals surface area (Å²) in [5, 5.41) is 7.69. The maximum Gasteiger partial charge on any atom is 0.198 e. The number of thiophene rings is 1. The fourth-order valence-electron chi connectivity index (χ4n) is 7.87. The Bertz CT molecular complexity index is 2740. The zero-order valence-corrected chi connectivity index (χ0v) is 24.9. The summed E-state index contributed by atoms with van der Waals surface area (Å²) >= 11 is 1.88. The molecule has 0 aliphatic carbocycles. The molecule has 0 radical (unpaired) electrons. The number of aromatic nitrogens is 1. The van der Waals surface area contributed by atoms with Gasteiger partial charge in [0.2, 0.25) is 0 Å². The maximum atomic E-state index is 6.47. The topological polar surface area (TPSA) is 28.3 Å². The van der Waals surface area contributed by atoms with E-state index in [1.54, 1.807) is 0 Å². The predicted octanol–water partition coefficient (Wildman–Crippen LogP) is 9.79. The second-order valence-corrected chi connectivity index (χ2v) is 13.2. The summed E-state index contributed by atoms with van der Waals surface area (Å²) in [4.78, 5) is 6.35. The molecule has 9 aromatic rings. The minimum atomic E-state index is 0.830. The molecule has 0 atom stereocenters. The number of H-pyrrole nitrogens is 1. The van der Waals surface area contributed by atoms with Crippen molar-refractivity contribution in [2.24, 2.45) is 0 Å². The molecule has 2 aliphatic heterocycles. The molecule has 11 rings (SSSR count). The van der Waals surface area contributed by atoms with E-state index in [0.29, 0.717) is 0 Å². The number of aromatic amines is 1. The molecule has 1 N–H and O–H groups in total. The number of rotatable bonds is 1. The molecule has 7 aromatic carbocycles. The summed E-state index contributed by atoms with van der Waals surface area (Å²) in [6, 6.07) is 46.3. The lowest BCUT2D eigenvalue weighted by atomic mass is 9.57. The van der Waals surface area contributed by atoms with Crippen LogP contribution in [0.25, 0.3) is 63.9 Å². The van der Waals surface area contributed by atoms with Crippen molar-refractivity contribution in [3.8, 4) is 22.6 Å². The predicted molar refractivity (Wildman–Crippen MR) is 193 cm³/mol. The Morgan fingerprint density at radius 2 is 1.40 bits per heavy atom. The summed E-state index contributed by atoms with van der Waals surface area (Å²) in [7, 11) is 0.830. The number of benzene rings is 7. The summed E-state index contributed by atoms with van der Waals surface area (Å²) in [6.07, 6.45) is 0. The van der Waals surface area contributed by atoms with Crippen molar-refractivity contribution in [3.05, 3.63) is 127 Å². The average molecular weight is 591 g/mol. The van der Waals surface area contributed by atoms with Crippen molar-refractivity contribution in [1.82, 2.24) is 4.98 Å². The van der Waals surface area contributed by atoms with Gasteiger partial charge in [-0.1, -0.05) is 90.4 Å². The highest BCUT2D eigenvalue weighted by Gasteiger charge is 2.36. The van der Waals surface area contributed by atoms with Gasteiger partial charge in [0.05, 0.1) is 16.9 Å². The monoisotopic (exact) mass is 590 g/mol. The number of fused-ring (bicyclic) bond motifs is 11. The van der Waals surface area contributed by atoms with Crippen LogP contribution in [-0.4, -0.2) is 12.3 Å². The molecule has 4 heterocycles. The first-order valence-electron chi connectivity index (χ1n) is 15.4. The van der Waals surface area contributed by atoms with Crippen LogP contribution >= 0.6 is 11.3 Å². The van der Waals surface area contributed by atoms with Crippen molar-refractivity contribution in [3.63, 3.8) is 0 Å². The van der Waals surface area contributed by atoms with E-state index in [1.165, 1.54) is 80.5 Å². The van der Waals surface area contributed by atoms with E-state index in [9.17, 15) is 0 Å². The van der Waals surface area contributed by atoms with E-state index >= 15 is 0 Å². The van der Waals surface area contributed by atoms with Gasteiger partial charge >= 0.3 is 0 Å². The van der Waals surface area contributed by atoms with Crippen LogP contribution in [0.15, 0.2) is 127 Å². The molecule has 45 heavy (non-hydrogen) atoms. The van der Waals surface area contributed by atoms with Gasteiger partial charge in [-0.25, -0.2) is 0 Å². The van der Waals surface area contributed by atoms with Crippen LogP contribution < -0.4 is 20.6 Å². The highest BCUT2D eigenvalue weighted by molar-refractivity contribution is 7.26. The van der Waals surface area contributed by atoms with Crippen LogP contribution in [0.3, 0.4) is 0 Å². The molecule has 208 valence electrons. The lowest BCUT2D eigenvalue weighted by Gasteiger charge is -2.39. The molecule has 0 amide bonds. The second-order valence-electron chi connectivity index (χ2n) is 12.2. The van der Waals surface area contributed by atoms with Crippen LogP contribution in [0, 0.1) is 0 Å². The Morgan fingerprint density at radius 3 is 2.36 bits per heavy atom. The van der Waals surface area contributed by atoms with E-state index in [-0.39, 0.29) is 0 Å². The number of para-hydroxylation sites is 4. The van der Waals surface area contributed by atoms with Gasteiger partial charge in [0.1, 0.15) is 0 Å². The maximum absolute atomic E-state index is 6.47. The van der Waals surface area contributed by atoms with Crippen molar-refractivity contribution in [2.45, 2.75) is 0 Å². The van der Waals surface area contributed by atoms with Crippen molar-refractivity contribution in [1.29, 1.82) is 0 Å². The summed E-state index contributed by atoms with van der Waals surface area (Å²) in [5.41, 5.74) is 11.0. The number of anilines is 3.